The summed E-state index contributed by atoms with van der Waals surface area (Å²) in [4.78, 5) is 21.6. The van der Waals surface area contributed by atoms with Crippen LogP contribution < -0.4 is 0 Å². The van der Waals surface area contributed by atoms with Crippen molar-refractivity contribution in [2.45, 2.75) is 19.4 Å². The molecule has 13 heavy (non-hydrogen) atoms. The van der Waals surface area contributed by atoms with Crippen molar-refractivity contribution >= 4 is 11.9 Å². The number of carbonyl (C=O) groups is 2. The summed E-state index contributed by atoms with van der Waals surface area (Å²) >= 11 is 0. The molecule has 4 nitrogen and oxygen atoms in total. The molecule has 1 aliphatic rings. The zero-order chi connectivity index (χ0) is 10.1. The van der Waals surface area contributed by atoms with Crippen molar-refractivity contribution in [2.75, 3.05) is 6.61 Å². The predicted octanol–water partition coefficient (Wildman–Crippen LogP) is 0.667. The first-order valence-electron chi connectivity index (χ1n) is 3.99. The second-order valence-corrected chi connectivity index (χ2v) is 3.41. The lowest BCUT2D eigenvalue weighted by Gasteiger charge is -2.41. The Labute approximate surface area is 76.5 Å². The number of hydrogen-bond donors (Lipinski definition) is 0. The Morgan fingerprint density at radius 3 is 2.77 bits per heavy atom. The fraction of sp³-hybridized carbons (Fsp3) is 0.556. The summed E-state index contributed by atoms with van der Waals surface area (Å²) < 4.78 is 9.59. The molecule has 0 amide bonds. The topological polar surface area (TPSA) is 52.6 Å². The maximum atomic E-state index is 10.9. The van der Waals surface area contributed by atoms with Gasteiger partial charge in [0.15, 0.2) is 0 Å². The van der Waals surface area contributed by atoms with E-state index in [-0.39, 0.29) is 18.5 Å². The summed E-state index contributed by atoms with van der Waals surface area (Å²) in [6.45, 7) is 6.87. The van der Waals surface area contributed by atoms with Crippen molar-refractivity contribution < 1.29 is 19.1 Å². The second-order valence-electron chi connectivity index (χ2n) is 3.41. The van der Waals surface area contributed by atoms with Gasteiger partial charge in [0.1, 0.15) is 18.1 Å². The van der Waals surface area contributed by atoms with Crippen LogP contribution in [0.1, 0.15) is 13.8 Å². The van der Waals surface area contributed by atoms with E-state index in [1.54, 1.807) is 13.8 Å². The van der Waals surface area contributed by atoms with E-state index in [4.69, 9.17) is 9.47 Å². The molecule has 1 fully saturated rings. The van der Waals surface area contributed by atoms with Crippen LogP contribution in [0.5, 0.6) is 0 Å². The average Bonchev–Trinajstić information content (AvgIpc) is 2.02. The monoisotopic (exact) mass is 184 g/mol. The van der Waals surface area contributed by atoms with Gasteiger partial charge >= 0.3 is 11.9 Å². The van der Waals surface area contributed by atoms with Crippen molar-refractivity contribution in [3.8, 4) is 0 Å². The zero-order valence-corrected chi connectivity index (χ0v) is 7.70. The molecule has 1 atom stereocenters. The summed E-state index contributed by atoms with van der Waals surface area (Å²) in [6, 6.07) is 0. The summed E-state index contributed by atoms with van der Waals surface area (Å²) in [7, 11) is 0. The van der Waals surface area contributed by atoms with Gasteiger partial charge in [-0.15, -0.1) is 0 Å². The number of rotatable bonds is 3. The van der Waals surface area contributed by atoms with Gasteiger partial charge in [0.25, 0.3) is 0 Å². The minimum atomic E-state index is -0.518. The Bertz CT molecular complexity index is 254. The van der Waals surface area contributed by atoms with Gasteiger partial charge in [0.2, 0.25) is 0 Å². The van der Waals surface area contributed by atoms with Gasteiger partial charge in [0, 0.05) is 6.08 Å². The van der Waals surface area contributed by atoms with E-state index in [1.165, 1.54) is 0 Å². The molecule has 0 N–H and O–H groups in total. The molecule has 1 rings (SSSR count). The largest absolute Gasteiger partial charge is 0.461 e. The van der Waals surface area contributed by atoms with E-state index in [1.807, 2.05) is 0 Å². The molecule has 4 heteroatoms. The highest BCUT2D eigenvalue weighted by Crippen LogP contribution is 2.33. The Morgan fingerprint density at radius 2 is 2.38 bits per heavy atom. The molecule has 0 radical (unpaired) electrons. The number of cyclic esters (lactones) is 1. The molecular weight excluding hydrogens is 172 g/mol. The first kappa shape index (κ1) is 9.77. The Morgan fingerprint density at radius 1 is 1.77 bits per heavy atom. The van der Waals surface area contributed by atoms with E-state index in [2.05, 4.69) is 6.58 Å². The fourth-order valence-corrected chi connectivity index (χ4v) is 1.12. The van der Waals surface area contributed by atoms with Crippen LogP contribution in [0.3, 0.4) is 0 Å². The zero-order valence-electron chi connectivity index (χ0n) is 7.70. The van der Waals surface area contributed by atoms with Crippen LogP contribution in [0, 0.1) is 5.92 Å². The highest BCUT2D eigenvalue weighted by Gasteiger charge is 2.50. The first-order chi connectivity index (χ1) is 5.97. The number of carbonyl (C=O) groups excluding carboxylic acids is 2. The van der Waals surface area contributed by atoms with Gasteiger partial charge in [-0.1, -0.05) is 6.58 Å². The maximum Gasteiger partial charge on any atom is 0.330 e. The van der Waals surface area contributed by atoms with Crippen molar-refractivity contribution in [1.82, 2.24) is 0 Å². The third-order valence-electron chi connectivity index (χ3n) is 2.05. The molecule has 0 aromatic heterocycles. The number of esters is 2. The molecule has 0 spiro atoms. The SMILES string of the molecule is C=CC(=O)OCC1C(=O)OC1(C)C. The lowest BCUT2D eigenvalue weighted by Crippen LogP contribution is -2.55. The molecule has 1 unspecified atom stereocenters. The van der Waals surface area contributed by atoms with Crippen molar-refractivity contribution in [3.05, 3.63) is 12.7 Å². The van der Waals surface area contributed by atoms with Crippen LogP contribution in [-0.2, 0) is 19.1 Å². The van der Waals surface area contributed by atoms with Gasteiger partial charge in [0.05, 0.1) is 0 Å². The Hall–Kier alpha value is -1.32. The Balaban J connectivity index is 2.41. The van der Waals surface area contributed by atoms with E-state index in [9.17, 15) is 9.59 Å². The molecule has 1 saturated heterocycles. The predicted molar refractivity (Wildman–Crippen MR) is 44.8 cm³/mol. The van der Waals surface area contributed by atoms with Crippen LogP contribution in [0.4, 0.5) is 0 Å². The summed E-state index contributed by atoms with van der Waals surface area (Å²) in [5.74, 6) is -1.19. The van der Waals surface area contributed by atoms with Gasteiger partial charge in [-0.25, -0.2) is 4.79 Å². The normalized spacial score (nSPS) is 24.2. The van der Waals surface area contributed by atoms with Crippen molar-refractivity contribution in [1.29, 1.82) is 0 Å². The molecular formula is C9H12O4. The lowest BCUT2D eigenvalue weighted by atomic mass is 9.86. The third kappa shape index (κ3) is 1.88. The van der Waals surface area contributed by atoms with Crippen molar-refractivity contribution in [3.63, 3.8) is 0 Å². The second kappa shape index (κ2) is 3.20. The van der Waals surface area contributed by atoms with Crippen LogP contribution in [0.15, 0.2) is 12.7 Å². The minimum Gasteiger partial charge on any atom is -0.461 e. The van der Waals surface area contributed by atoms with E-state index >= 15 is 0 Å². The van der Waals surface area contributed by atoms with Crippen LogP contribution in [-0.4, -0.2) is 24.1 Å². The van der Waals surface area contributed by atoms with E-state index in [0.29, 0.717) is 0 Å². The quantitative estimate of drug-likeness (QED) is 0.477. The van der Waals surface area contributed by atoms with Gasteiger partial charge in [-0.05, 0) is 13.8 Å². The third-order valence-corrected chi connectivity index (χ3v) is 2.05. The summed E-state index contributed by atoms with van der Waals surface area (Å²) in [5, 5.41) is 0. The van der Waals surface area contributed by atoms with Gasteiger partial charge in [-0.2, -0.15) is 0 Å². The molecule has 72 valence electrons. The maximum absolute atomic E-state index is 10.9. The molecule has 0 saturated carbocycles. The first-order valence-corrected chi connectivity index (χ1v) is 3.99. The highest BCUT2D eigenvalue weighted by atomic mass is 16.6. The van der Waals surface area contributed by atoms with E-state index in [0.717, 1.165) is 6.08 Å². The van der Waals surface area contributed by atoms with Crippen LogP contribution in [0.2, 0.25) is 0 Å². The minimum absolute atomic E-state index is 0.0662. The molecule has 1 aliphatic heterocycles. The van der Waals surface area contributed by atoms with Crippen LogP contribution >= 0.6 is 0 Å². The average molecular weight is 184 g/mol. The van der Waals surface area contributed by atoms with Gasteiger partial charge < -0.3 is 9.47 Å². The molecule has 0 aromatic rings. The summed E-state index contributed by atoms with van der Waals surface area (Å²) in [5.41, 5.74) is -0.515. The lowest BCUT2D eigenvalue weighted by molar-refractivity contribution is -0.210. The van der Waals surface area contributed by atoms with Gasteiger partial charge in [-0.3, -0.25) is 4.79 Å². The molecule has 0 aromatic carbocycles. The summed E-state index contributed by atoms with van der Waals surface area (Å²) in [6.07, 6.45) is 1.07. The molecule has 0 aliphatic carbocycles. The highest BCUT2D eigenvalue weighted by molar-refractivity contribution is 5.83. The number of ether oxygens (including phenoxy) is 2. The number of hydrogen-bond acceptors (Lipinski definition) is 4. The standard InChI is InChI=1S/C9H12O4/c1-4-7(10)12-5-6-8(11)13-9(6,2)3/h4,6H,1,5H2,2-3H3. The molecule has 1 heterocycles. The fourth-order valence-electron chi connectivity index (χ4n) is 1.12. The van der Waals surface area contributed by atoms with Crippen LogP contribution in [0.25, 0.3) is 0 Å². The van der Waals surface area contributed by atoms with E-state index < -0.39 is 11.6 Å². The smallest absolute Gasteiger partial charge is 0.330 e. The Kier molecular flexibility index (Phi) is 2.40. The van der Waals surface area contributed by atoms with Crippen molar-refractivity contribution in [2.24, 2.45) is 5.92 Å². The molecule has 0 bridgehead atoms.